The minimum absolute atomic E-state index is 0.158. The minimum atomic E-state index is -0.361. The number of hydrogen-bond donors (Lipinski definition) is 4. The predicted molar refractivity (Wildman–Crippen MR) is 230 cm³/mol. The van der Waals surface area contributed by atoms with E-state index in [-0.39, 0.29) is 45.8 Å². The lowest BCUT2D eigenvalue weighted by Crippen LogP contribution is -2.41. The summed E-state index contributed by atoms with van der Waals surface area (Å²) in [5.41, 5.74) is 4.27. The zero-order valence-electron chi connectivity index (χ0n) is 34.0. The van der Waals surface area contributed by atoms with Crippen LogP contribution in [0.2, 0.25) is 0 Å². The highest BCUT2D eigenvalue weighted by Crippen LogP contribution is 2.40. The summed E-state index contributed by atoms with van der Waals surface area (Å²) < 4.78 is 1.40. The van der Waals surface area contributed by atoms with Crippen LogP contribution >= 0.6 is 0 Å². The number of nitrogens with one attached hydrogen (secondary N) is 2. The van der Waals surface area contributed by atoms with E-state index in [1.807, 2.05) is 97.1 Å². The number of phenols is 2. The van der Waals surface area contributed by atoms with Gasteiger partial charge in [0.25, 0.3) is 11.8 Å². The average Bonchev–Trinajstić information content (AvgIpc) is 3.18. The van der Waals surface area contributed by atoms with Gasteiger partial charge in [-0.05, 0) is 71.1 Å². The van der Waals surface area contributed by atoms with Gasteiger partial charge < -0.3 is 29.8 Å². The quantitative estimate of drug-likeness (QED) is 0.0609. The van der Waals surface area contributed by atoms with Gasteiger partial charge >= 0.3 is 0 Å². The van der Waals surface area contributed by atoms with Crippen molar-refractivity contribution in [2.24, 2.45) is 20.5 Å². The number of nitrogens with zero attached hydrogens (tertiary/aromatic N) is 6. The van der Waals surface area contributed by atoms with E-state index in [9.17, 15) is 19.8 Å². The highest BCUT2D eigenvalue weighted by Gasteiger charge is 2.21. The number of hydrogen-bond acceptors (Lipinski definition) is 8. The van der Waals surface area contributed by atoms with E-state index in [0.717, 1.165) is 47.8 Å². The maximum absolute atomic E-state index is 13.1. The lowest BCUT2D eigenvalue weighted by atomic mass is 10.0. The van der Waals surface area contributed by atoms with Crippen molar-refractivity contribution >= 4 is 56.1 Å². The van der Waals surface area contributed by atoms with Crippen LogP contribution in [-0.2, 0) is 12.8 Å². The number of azo groups is 2. The number of fused-ring (bicyclic) bond motifs is 2. The fraction of sp³-hybridized carbons (Fsp3) is 0.261. The van der Waals surface area contributed by atoms with Crippen molar-refractivity contribution in [2.45, 2.75) is 12.8 Å². The summed E-state index contributed by atoms with van der Waals surface area (Å²) in [4.78, 5) is 26.1. The Kier molecular flexibility index (Phi) is 12.6. The first-order valence-electron chi connectivity index (χ1n) is 19.3. The van der Waals surface area contributed by atoms with Gasteiger partial charge in [-0.15, -0.1) is 10.2 Å². The zero-order valence-corrected chi connectivity index (χ0v) is 34.0. The van der Waals surface area contributed by atoms with Crippen molar-refractivity contribution in [1.82, 2.24) is 10.6 Å². The van der Waals surface area contributed by atoms with Gasteiger partial charge in [-0.3, -0.25) is 9.59 Å². The SMILES string of the molecule is C[N+](C)(C)CCNC(=O)c1cc2ccccc2c(N=Nc2ccc(CCc3ccc(N=Nc4c(O)c(C(=O)NCC[N+](C)(C)C)cc5ccccc45)cc3)cc2)c1O. The summed E-state index contributed by atoms with van der Waals surface area (Å²) in [6, 6.07) is 33.8. The molecule has 0 spiro atoms. The molecule has 6 aromatic rings. The van der Waals surface area contributed by atoms with Gasteiger partial charge in [-0.2, -0.15) is 10.2 Å². The molecule has 0 bridgehead atoms. The van der Waals surface area contributed by atoms with Crippen LogP contribution in [-0.4, -0.2) is 99.5 Å². The van der Waals surface area contributed by atoms with Gasteiger partial charge in [-0.25, -0.2) is 0 Å². The first-order valence-corrected chi connectivity index (χ1v) is 19.3. The van der Waals surface area contributed by atoms with Gasteiger partial charge in [0, 0.05) is 10.8 Å². The molecule has 0 saturated heterocycles. The fourth-order valence-corrected chi connectivity index (χ4v) is 6.35. The third-order valence-corrected chi connectivity index (χ3v) is 9.72. The van der Waals surface area contributed by atoms with E-state index in [1.54, 1.807) is 12.1 Å². The summed E-state index contributed by atoms with van der Waals surface area (Å²) in [6.07, 6.45) is 1.58. The molecular weight excluding hydrogens is 729 g/mol. The Morgan fingerprint density at radius 1 is 0.517 bits per heavy atom. The summed E-state index contributed by atoms with van der Waals surface area (Å²) in [6.45, 7) is 2.42. The molecule has 6 aromatic carbocycles. The second kappa shape index (κ2) is 17.7. The summed E-state index contributed by atoms with van der Waals surface area (Å²) >= 11 is 0. The summed E-state index contributed by atoms with van der Waals surface area (Å²) in [5.74, 6) is -1.14. The van der Waals surface area contributed by atoms with Gasteiger partial charge in [0.2, 0.25) is 0 Å². The fourth-order valence-electron chi connectivity index (χ4n) is 6.35. The molecule has 0 saturated carbocycles. The molecule has 0 aliphatic heterocycles. The number of amides is 2. The highest BCUT2D eigenvalue weighted by molar-refractivity contribution is 6.07. The third-order valence-electron chi connectivity index (χ3n) is 9.72. The molecule has 4 N–H and O–H groups in total. The molecule has 0 atom stereocenters. The van der Waals surface area contributed by atoms with E-state index in [0.29, 0.717) is 44.2 Å². The van der Waals surface area contributed by atoms with Gasteiger partial charge in [0.15, 0.2) is 11.5 Å². The molecule has 0 aliphatic rings. The van der Waals surface area contributed by atoms with Crippen molar-refractivity contribution in [3.63, 3.8) is 0 Å². The van der Waals surface area contributed by atoms with E-state index >= 15 is 0 Å². The van der Waals surface area contributed by atoms with Crippen LogP contribution in [0.3, 0.4) is 0 Å². The number of carbonyl (C=O) groups is 2. The number of likely N-dealkylation sites (N-methyl/N-ethyl adjacent to an activating group) is 2. The molecular formula is C46H52N8O4+2. The van der Waals surface area contributed by atoms with Crippen LogP contribution in [0.1, 0.15) is 31.8 Å². The number of aromatic hydroxyl groups is 2. The van der Waals surface area contributed by atoms with Crippen molar-refractivity contribution < 1.29 is 28.8 Å². The maximum Gasteiger partial charge on any atom is 0.255 e. The van der Waals surface area contributed by atoms with Crippen molar-refractivity contribution in [2.75, 3.05) is 68.5 Å². The Morgan fingerprint density at radius 3 is 1.24 bits per heavy atom. The second-order valence-electron chi connectivity index (χ2n) is 16.5. The smallest absolute Gasteiger partial charge is 0.255 e. The molecule has 0 aliphatic carbocycles. The van der Waals surface area contributed by atoms with E-state index < -0.39 is 0 Å². The van der Waals surface area contributed by atoms with Gasteiger partial charge in [0.1, 0.15) is 11.4 Å². The molecule has 0 unspecified atom stereocenters. The number of aryl methyl sites for hydroxylation is 2. The molecule has 0 heterocycles. The third kappa shape index (κ3) is 10.7. The van der Waals surface area contributed by atoms with Crippen molar-refractivity contribution in [3.8, 4) is 11.5 Å². The Bertz CT molecular complexity index is 2310. The van der Waals surface area contributed by atoms with Gasteiger partial charge in [0.05, 0.1) is 91.0 Å². The van der Waals surface area contributed by atoms with E-state index in [1.165, 1.54) is 0 Å². The molecule has 0 aromatic heterocycles. The number of rotatable bonds is 15. The number of quaternary nitrogens is 2. The molecule has 298 valence electrons. The molecule has 2 amide bonds. The topological polar surface area (TPSA) is 148 Å². The van der Waals surface area contributed by atoms with Crippen molar-refractivity contribution in [3.05, 3.63) is 131 Å². The molecule has 12 nitrogen and oxygen atoms in total. The number of carbonyl (C=O) groups excluding carboxylic acids is 2. The van der Waals surface area contributed by atoms with E-state index in [2.05, 4.69) is 73.4 Å². The van der Waals surface area contributed by atoms with Crippen LogP contribution in [0, 0.1) is 0 Å². The highest BCUT2D eigenvalue weighted by atomic mass is 16.3. The molecule has 0 fully saturated rings. The van der Waals surface area contributed by atoms with Gasteiger partial charge in [-0.1, -0.05) is 72.8 Å². The number of benzene rings is 6. The van der Waals surface area contributed by atoms with Crippen LogP contribution in [0.25, 0.3) is 21.5 Å². The van der Waals surface area contributed by atoms with Crippen LogP contribution in [0.15, 0.2) is 130 Å². The number of phenolic OH excluding ortho intramolecular Hbond substituents is 2. The second-order valence-corrected chi connectivity index (χ2v) is 16.5. The standard InChI is InChI=1S/C46H50N8O4/c1-53(2,3)27-25-47-45(57)39-29-33-11-7-9-13-37(33)41(43(39)55)51-49-35-21-17-31(18-22-35)15-16-32-19-23-36(24-20-32)50-52-42-38-14-10-8-12-34(38)30-40(44(42)56)46(58)48-26-28-54(4,5)6/h7-14,17-24,29-30H,15-16,25-28H2,1-6H3,(H2-2,47,48,49,50,55,56,57,58)/p+2. The zero-order chi connectivity index (χ0) is 41.5. The Morgan fingerprint density at radius 2 is 0.879 bits per heavy atom. The first-order chi connectivity index (χ1) is 27.6. The Labute approximate surface area is 339 Å². The van der Waals surface area contributed by atoms with Crippen LogP contribution in [0.4, 0.5) is 22.7 Å². The predicted octanol–water partition coefficient (Wildman–Crippen LogP) is 8.89. The van der Waals surface area contributed by atoms with Crippen molar-refractivity contribution in [1.29, 1.82) is 0 Å². The minimum Gasteiger partial charge on any atom is -0.505 e. The van der Waals surface area contributed by atoms with Crippen LogP contribution in [0.5, 0.6) is 11.5 Å². The lowest BCUT2D eigenvalue weighted by Gasteiger charge is -2.23. The van der Waals surface area contributed by atoms with Crippen LogP contribution < -0.4 is 10.6 Å². The Balaban J connectivity index is 1.10. The van der Waals surface area contributed by atoms with E-state index in [4.69, 9.17) is 0 Å². The average molecular weight is 781 g/mol. The first kappa shape index (κ1) is 41.1. The normalized spacial score (nSPS) is 12.2. The Hall–Kier alpha value is -6.50. The monoisotopic (exact) mass is 780 g/mol. The molecule has 6 rings (SSSR count). The summed E-state index contributed by atoms with van der Waals surface area (Å²) in [7, 11) is 12.3. The lowest BCUT2D eigenvalue weighted by molar-refractivity contribution is -0.869. The summed E-state index contributed by atoms with van der Waals surface area (Å²) in [5, 5.41) is 48.8. The molecule has 58 heavy (non-hydrogen) atoms. The maximum atomic E-state index is 13.1. The largest absolute Gasteiger partial charge is 0.505 e. The molecule has 12 heteroatoms. The molecule has 0 radical (unpaired) electrons.